The Morgan fingerprint density at radius 3 is 1.54 bits per heavy atom. The number of sulfonamides is 2. The third-order valence-corrected chi connectivity index (χ3v) is 10.8. The SMILES string of the molecule is N#Cc1cccc(NC(=O)c2cccc(S(=O)(=O)Nc3ccc(Br)cc3)c2)c1.O=C(O)NCCNC(=O)c1cccc(S(=O)(=O)Nc2ccc(Br)cc2)c1. The normalized spacial score (nSPS) is 10.8. The van der Waals surface area contributed by atoms with E-state index in [0.717, 1.165) is 8.95 Å². The number of hydrogen-bond acceptors (Lipinski definition) is 8. The van der Waals surface area contributed by atoms with Gasteiger partial charge in [0.25, 0.3) is 31.9 Å². The highest BCUT2D eigenvalue weighted by atomic mass is 79.9. The summed E-state index contributed by atoms with van der Waals surface area (Å²) in [6.45, 7) is 0.128. The second-order valence-electron chi connectivity index (χ2n) is 10.9. The van der Waals surface area contributed by atoms with Gasteiger partial charge in [-0.3, -0.25) is 19.0 Å². The Morgan fingerprint density at radius 2 is 1.06 bits per heavy atom. The van der Waals surface area contributed by atoms with E-state index in [0.29, 0.717) is 22.6 Å². The van der Waals surface area contributed by atoms with Crippen LogP contribution in [0.5, 0.6) is 0 Å². The van der Waals surface area contributed by atoms with Crippen LogP contribution in [0, 0.1) is 11.3 Å². The standard InChI is InChI=1S/C20H14BrN3O3S.C16H16BrN3O5S/c21-16-7-9-17(10-8-16)24-28(26,27)19-6-2-4-15(12-19)20(25)23-18-5-1-3-14(11-18)13-22;17-12-4-6-13(7-5-12)20-26(24,25)14-3-1-2-11(10-14)15(21)18-8-9-19-16(22)23/h1-12,24H,(H,23,25);1-7,10,19-20H,8-9H2,(H,18,21)(H,22,23). The monoisotopic (exact) mass is 896 g/mol. The molecule has 14 nitrogen and oxygen atoms in total. The van der Waals surface area contributed by atoms with E-state index in [2.05, 4.69) is 57.3 Å². The average Bonchev–Trinajstić information content (AvgIpc) is 3.15. The maximum absolute atomic E-state index is 12.6. The highest BCUT2D eigenvalue weighted by Gasteiger charge is 2.18. The first-order chi connectivity index (χ1) is 25.6. The first-order valence-electron chi connectivity index (χ1n) is 15.5. The number of hydrogen-bond donors (Lipinski definition) is 6. The summed E-state index contributed by atoms with van der Waals surface area (Å²) in [7, 11) is -7.71. The predicted molar refractivity (Wildman–Crippen MR) is 210 cm³/mol. The van der Waals surface area contributed by atoms with E-state index in [9.17, 15) is 31.2 Å². The largest absolute Gasteiger partial charge is 0.465 e. The van der Waals surface area contributed by atoms with Gasteiger partial charge in [-0.2, -0.15) is 5.26 Å². The van der Waals surface area contributed by atoms with Crippen LogP contribution in [0.2, 0.25) is 0 Å². The van der Waals surface area contributed by atoms with E-state index in [1.54, 1.807) is 66.7 Å². The summed E-state index contributed by atoms with van der Waals surface area (Å²) in [6.07, 6.45) is -1.19. The number of nitrogens with zero attached hydrogens (tertiary/aromatic N) is 1. The van der Waals surface area contributed by atoms with Crippen LogP contribution in [-0.4, -0.2) is 52.9 Å². The van der Waals surface area contributed by atoms with Gasteiger partial charge in [0.15, 0.2) is 0 Å². The molecular weight excluding hydrogens is 868 g/mol. The number of carboxylic acid groups (broad SMARTS) is 1. The molecule has 0 aliphatic rings. The lowest BCUT2D eigenvalue weighted by atomic mass is 10.2. The Balaban J connectivity index is 0.000000241. The van der Waals surface area contributed by atoms with Crippen molar-refractivity contribution < 1.29 is 36.3 Å². The molecule has 0 saturated carbocycles. The third kappa shape index (κ3) is 12.4. The van der Waals surface area contributed by atoms with Crippen molar-refractivity contribution in [3.8, 4) is 6.07 Å². The van der Waals surface area contributed by atoms with Gasteiger partial charge in [0.05, 0.1) is 21.4 Å². The summed E-state index contributed by atoms with van der Waals surface area (Å²) >= 11 is 6.56. The topological polar surface area (TPSA) is 224 Å². The fraction of sp³-hybridized carbons (Fsp3) is 0.0556. The van der Waals surface area contributed by atoms with E-state index in [1.165, 1.54) is 54.6 Å². The van der Waals surface area contributed by atoms with Crippen molar-refractivity contribution in [2.24, 2.45) is 0 Å². The molecule has 6 N–H and O–H groups in total. The van der Waals surface area contributed by atoms with Gasteiger partial charge in [-0.05, 0) is 103 Å². The zero-order chi connectivity index (χ0) is 39.3. The number of benzene rings is 5. The summed E-state index contributed by atoms with van der Waals surface area (Å²) in [6, 6.07) is 33.0. The van der Waals surface area contributed by atoms with Gasteiger partial charge in [-0.25, -0.2) is 21.6 Å². The molecule has 5 aromatic rings. The molecule has 0 spiro atoms. The second kappa shape index (κ2) is 18.8. The van der Waals surface area contributed by atoms with Crippen LogP contribution in [0.1, 0.15) is 26.3 Å². The van der Waals surface area contributed by atoms with Crippen molar-refractivity contribution >= 4 is 86.9 Å². The van der Waals surface area contributed by atoms with Crippen LogP contribution in [0.15, 0.2) is 140 Å². The van der Waals surface area contributed by atoms with Crippen LogP contribution >= 0.6 is 31.9 Å². The van der Waals surface area contributed by atoms with Gasteiger partial charge in [-0.1, -0.05) is 50.1 Å². The lowest BCUT2D eigenvalue weighted by molar-refractivity contribution is 0.0952. The van der Waals surface area contributed by atoms with Crippen LogP contribution in [0.25, 0.3) is 0 Å². The predicted octanol–water partition coefficient (Wildman–Crippen LogP) is 6.62. The lowest BCUT2D eigenvalue weighted by Gasteiger charge is -2.10. The summed E-state index contributed by atoms with van der Waals surface area (Å²) < 4.78 is 56.7. The van der Waals surface area contributed by atoms with Crippen LogP contribution < -0.4 is 25.4 Å². The minimum Gasteiger partial charge on any atom is -0.465 e. The van der Waals surface area contributed by atoms with E-state index < -0.39 is 38.0 Å². The number of rotatable bonds is 12. The fourth-order valence-electron chi connectivity index (χ4n) is 4.39. The highest BCUT2D eigenvalue weighted by molar-refractivity contribution is 9.10. The number of anilines is 3. The van der Waals surface area contributed by atoms with Gasteiger partial charge >= 0.3 is 6.09 Å². The minimum absolute atomic E-state index is 0.0335. The fourth-order valence-corrected chi connectivity index (χ4v) is 7.13. The Bertz CT molecular complexity index is 2410. The van der Waals surface area contributed by atoms with Crippen molar-refractivity contribution in [1.82, 2.24) is 10.6 Å². The van der Waals surface area contributed by atoms with Crippen molar-refractivity contribution in [1.29, 1.82) is 5.26 Å². The molecular formula is C36H30Br2N6O8S2. The Morgan fingerprint density at radius 1 is 0.593 bits per heavy atom. The van der Waals surface area contributed by atoms with Crippen LogP contribution in [-0.2, 0) is 20.0 Å². The molecule has 0 unspecified atom stereocenters. The number of carbonyl (C=O) groups excluding carboxylic acids is 2. The summed E-state index contributed by atoms with van der Waals surface area (Å²) in [5.41, 5.74) is 1.99. The summed E-state index contributed by atoms with van der Waals surface area (Å²) in [4.78, 5) is 34.8. The smallest absolute Gasteiger partial charge is 0.404 e. The van der Waals surface area contributed by atoms with Gasteiger partial charge in [0, 0.05) is 50.2 Å². The molecule has 54 heavy (non-hydrogen) atoms. The van der Waals surface area contributed by atoms with Gasteiger partial charge < -0.3 is 21.1 Å². The number of halogens is 2. The molecule has 0 heterocycles. The summed E-state index contributed by atoms with van der Waals surface area (Å²) in [5, 5.41) is 24.7. The Hall–Kier alpha value is -5.74. The number of carbonyl (C=O) groups is 3. The first-order valence-corrected chi connectivity index (χ1v) is 20.0. The van der Waals surface area contributed by atoms with E-state index in [4.69, 9.17) is 10.4 Å². The molecule has 0 atom stereocenters. The molecule has 0 aliphatic heterocycles. The van der Waals surface area contributed by atoms with Gasteiger partial charge in [0.2, 0.25) is 0 Å². The molecule has 0 saturated heterocycles. The molecule has 5 rings (SSSR count). The van der Waals surface area contributed by atoms with E-state index in [1.807, 2.05) is 6.07 Å². The molecule has 18 heteroatoms. The molecule has 0 fully saturated rings. The molecule has 5 aromatic carbocycles. The number of amides is 3. The number of nitriles is 1. The maximum Gasteiger partial charge on any atom is 0.404 e. The summed E-state index contributed by atoms with van der Waals surface area (Å²) in [5.74, 6) is -0.978. The van der Waals surface area contributed by atoms with Crippen LogP contribution in [0.3, 0.4) is 0 Å². The molecule has 0 bridgehead atoms. The molecule has 3 amide bonds. The zero-order valence-corrected chi connectivity index (χ0v) is 32.6. The third-order valence-electron chi connectivity index (χ3n) is 6.94. The first kappa shape index (κ1) is 41.0. The highest BCUT2D eigenvalue weighted by Crippen LogP contribution is 2.21. The number of nitrogens with one attached hydrogen (secondary N) is 5. The van der Waals surface area contributed by atoms with Crippen molar-refractivity contribution in [2.45, 2.75) is 9.79 Å². The van der Waals surface area contributed by atoms with Gasteiger partial charge in [0.1, 0.15) is 0 Å². The van der Waals surface area contributed by atoms with E-state index >= 15 is 0 Å². The maximum atomic E-state index is 12.6. The Kier molecular flexibility index (Phi) is 14.3. The minimum atomic E-state index is -3.85. The zero-order valence-electron chi connectivity index (χ0n) is 27.8. The quantitative estimate of drug-likeness (QED) is 0.0740. The van der Waals surface area contributed by atoms with E-state index in [-0.39, 0.29) is 34.0 Å². The van der Waals surface area contributed by atoms with Crippen molar-refractivity contribution in [3.05, 3.63) is 147 Å². The Labute approximate surface area is 328 Å². The average molecular weight is 899 g/mol. The molecule has 0 aromatic heterocycles. The molecule has 0 radical (unpaired) electrons. The van der Waals surface area contributed by atoms with Crippen molar-refractivity contribution in [2.75, 3.05) is 27.9 Å². The van der Waals surface area contributed by atoms with Gasteiger partial charge in [-0.15, -0.1) is 0 Å². The molecule has 278 valence electrons. The van der Waals surface area contributed by atoms with Crippen LogP contribution in [0.4, 0.5) is 21.9 Å². The second-order valence-corrected chi connectivity index (χ2v) is 16.1. The van der Waals surface area contributed by atoms with Crippen molar-refractivity contribution in [3.63, 3.8) is 0 Å². The lowest BCUT2D eigenvalue weighted by Crippen LogP contribution is -2.34. The molecule has 0 aliphatic carbocycles.